The molecule has 0 radical (unpaired) electrons. The predicted octanol–water partition coefficient (Wildman–Crippen LogP) is 2.01. The smallest absolute Gasteiger partial charge is 0.310 e. The summed E-state index contributed by atoms with van der Waals surface area (Å²) in [6.45, 7) is 0. The van der Waals surface area contributed by atoms with E-state index < -0.39 is 4.92 Å². The maximum Gasteiger partial charge on any atom is 0.310 e. The highest BCUT2D eigenvalue weighted by molar-refractivity contribution is 7.98. The van der Waals surface area contributed by atoms with Crippen molar-refractivity contribution in [2.45, 2.75) is 10.8 Å². The van der Waals surface area contributed by atoms with Crippen LogP contribution in [-0.2, 0) is 5.75 Å². The van der Waals surface area contributed by atoms with Gasteiger partial charge in [0.1, 0.15) is 5.03 Å². The number of nitro groups is 1. The highest BCUT2D eigenvalue weighted by Gasteiger charge is 2.14. The van der Waals surface area contributed by atoms with Crippen molar-refractivity contribution in [2.75, 3.05) is 7.11 Å². The molecule has 18 heavy (non-hydrogen) atoms. The van der Waals surface area contributed by atoms with E-state index in [4.69, 9.17) is 4.74 Å². The first-order valence-corrected chi connectivity index (χ1v) is 5.99. The summed E-state index contributed by atoms with van der Waals surface area (Å²) in [5.74, 6) is 0.902. The zero-order valence-electron chi connectivity index (χ0n) is 9.49. The average Bonchev–Trinajstić information content (AvgIpc) is 2.88. The fourth-order valence-electron chi connectivity index (χ4n) is 1.38. The van der Waals surface area contributed by atoms with E-state index in [2.05, 4.69) is 15.4 Å². The Bertz CT molecular complexity index is 544. The second-order valence-electron chi connectivity index (χ2n) is 3.36. The molecule has 8 heteroatoms. The van der Waals surface area contributed by atoms with Crippen LogP contribution in [0.5, 0.6) is 5.75 Å². The van der Waals surface area contributed by atoms with Gasteiger partial charge in [-0.1, -0.05) is 17.8 Å². The average molecular weight is 266 g/mol. The van der Waals surface area contributed by atoms with Gasteiger partial charge in [-0.3, -0.25) is 10.1 Å². The summed E-state index contributed by atoms with van der Waals surface area (Å²) in [6, 6.07) is 4.80. The lowest BCUT2D eigenvalue weighted by Crippen LogP contribution is -1.94. The number of H-pyrrole nitrogens is 1. The minimum atomic E-state index is -0.465. The third kappa shape index (κ3) is 2.77. The number of hydrogen-bond acceptors (Lipinski definition) is 6. The topological polar surface area (TPSA) is 93.9 Å². The van der Waals surface area contributed by atoms with Crippen molar-refractivity contribution in [1.82, 2.24) is 15.4 Å². The summed E-state index contributed by atoms with van der Waals surface area (Å²) in [7, 11) is 1.41. The summed E-state index contributed by atoms with van der Waals surface area (Å²) < 4.78 is 5.00. The van der Waals surface area contributed by atoms with Gasteiger partial charge in [-0.2, -0.15) is 10.3 Å². The molecule has 94 valence electrons. The molecule has 0 saturated heterocycles. The van der Waals surface area contributed by atoms with E-state index in [1.54, 1.807) is 18.3 Å². The normalized spacial score (nSPS) is 10.3. The molecule has 1 N–H and O–H groups in total. The largest absolute Gasteiger partial charge is 0.490 e. The van der Waals surface area contributed by atoms with Gasteiger partial charge >= 0.3 is 5.69 Å². The zero-order chi connectivity index (χ0) is 13.0. The summed E-state index contributed by atoms with van der Waals surface area (Å²) in [5, 5.41) is 21.6. The van der Waals surface area contributed by atoms with Crippen LogP contribution in [-0.4, -0.2) is 27.4 Å². The number of rotatable bonds is 5. The third-order valence-corrected chi connectivity index (χ3v) is 3.19. The van der Waals surface area contributed by atoms with E-state index in [-0.39, 0.29) is 11.4 Å². The van der Waals surface area contributed by atoms with E-state index in [9.17, 15) is 10.1 Å². The van der Waals surface area contributed by atoms with Crippen molar-refractivity contribution >= 4 is 17.4 Å². The van der Waals surface area contributed by atoms with Gasteiger partial charge in [0.05, 0.1) is 18.2 Å². The fourth-order valence-corrected chi connectivity index (χ4v) is 2.11. The van der Waals surface area contributed by atoms with Crippen molar-refractivity contribution in [3.8, 4) is 5.75 Å². The molecular weight excluding hydrogens is 256 g/mol. The van der Waals surface area contributed by atoms with Crippen LogP contribution in [0.2, 0.25) is 0 Å². The van der Waals surface area contributed by atoms with Gasteiger partial charge < -0.3 is 4.74 Å². The number of aromatic amines is 1. The molecule has 0 unspecified atom stereocenters. The highest BCUT2D eigenvalue weighted by Crippen LogP contribution is 2.29. The first-order chi connectivity index (χ1) is 8.70. The molecule has 0 atom stereocenters. The van der Waals surface area contributed by atoms with Gasteiger partial charge in [-0.15, -0.1) is 5.10 Å². The first kappa shape index (κ1) is 12.4. The maximum atomic E-state index is 10.7. The number of nitrogens with zero attached hydrogens (tertiary/aromatic N) is 3. The molecule has 0 aliphatic carbocycles. The Kier molecular flexibility index (Phi) is 3.78. The summed E-state index contributed by atoms with van der Waals surface area (Å²) in [5.41, 5.74) is 0.887. The Morgan fingerprint density at radius 2 is 2.39 bits per heavy atom. The van der Waals surface area contributed by atoms with Gasteiger partial charge in [0.2, 0.25) is 0 Å². The standard InChI is InChI=1S/C10H10N4O3S/c1-17-9-4-7(2-3-8(9)14(15)16)6-18-10-5-11-13-12-10/h2-5H,6H2,1H3,(H,11,12,13). The molecule has 2 aromatic rings. The molecule has 1 aromatic heterocycles. The van der Waals surface area contributed by atoms with E-state index in [1.165, 1.54) is 24.9 Å². The van der Waals surface area contributed by atoms with Crippen molar-refractivity contribution in [3.63, 3.8) is 0 Å². The minimum absolute atomic E-state index is 0.0345. The number of thioether (sulfide) groups is 1. The molecule has 0 fully saturated rings. The summed E-state index contributed by atoms with van der Waals surface area (Å²) in [4.78, 5) is 10.3. The van der Waals surface area contributed by atoms with Crippen LogP contribution in [0.4, 0.5) is 5.69 Å². The second kappa shape index (κ2) is 5.50. The van der Waals surface area contributed by atoms with Gasteiger partial charge in [0.25, 0.3) is 0 Å². The van der Waals surface area contributed by atoms with Gasteiger partial charge in [-0.05, 0) is 11.6 Å². The molecule has 1 heterocycles. The molecule has 1 aromatic carbocycles. The number of aromatic nitrogens is 3. The Morgan fingerprint density at radius 3 is 3.00 bits per heavy atom. The van der Waals surface area contributed by atoms with Crippen LogP contribution in [0, 0.1) is 10.1 Å². The first-order valence-electron chi connectivity index (χ1n) is 5.00. The third-order valence-electron chi connectivity index (χ3n) is 2.22. The lowest BCUT2D eigenvalue weighted by atomic mass is 10.2. The number of methoxy groups -OCH3 is 1. The molecule has 7 nitrogen and oxygen atoms in total. The quantitative estimate of drug-likeness (QED) is 0.505. The van der Waals surface area contributed by atoms with E-state index in [1.807, 2.05) is 0 Å². The highest BCUT2D eigenvalue weighted by atomic mass is 32.2. The van der Waals surface area contributed by atoms with E-state index in [0.717, 1.165) is 10.6 Å². The zero-order valence-corrected chi connectivity index (χ0v) is 10.3. The molecule has 0 bridgehead atoms. The monoisotopic (exact) mass is 266 g/mol. The summed E-state index contributed by atoms with van der Waals surface area (Å²) >= 11 is 1.48. The van der Waals surface area contributed by atoms with Crippen LogP contribution in [0.1, 0.15) is 5.56 Å². The second-order valence-corrected chi connectivity index (χ2v) is 4.36. The predicted molar refractivity (Wildman–Crippen MR) is 65.6 cm³/mol. The molecule has 0 amide bonds. The van der Waals surface area contributed by atoms with E-state index >= 15 is 0 Å². The van der Waals surface area contributed by atoms with Crippen LogP contribution in [0.3, 0.4) is 0 Å². The number of hydrogen-bond donors (Lipinski definition) is 1. The van der Waals surface area contributed by atoms with Gasteiger partial charge in [-0.25, -0.2) is 0 Å². The van der Waals surface area contributed by atoms with Crippen molar-refractivity contribution in [1.29, 1.82) is 0 Å². The molecule has 0 aliphatic heterocycles. The summed E-state index contributed by atoms with van der Waals surface area (Å²) in [6.07, 6.45) is 1.62. The number of benzene rings is 1. The Labute approximate surface area is 107 Å². The maximum absolute atomic E-state index is 10.7. The number of nitrogens with one attached hydrogen (secondary N) is 1. The lowest BCUT2D eigenvalue weighted by Gasteiger charge is -2.04. The molecule has 2 rings (SSSR count). The molecule has 0 spiro atoms. The molecule has 0 saturated carbocycles. The van der Waals surface area contributed by atoms with Crippen LogP contribution in [0.15, 0.2) is 29.4 Å². The molecule has 0 aliphatic rings. The van der Waals surface area contributed by atoms with Crippen molar-refractivity contribution in [3.05, 3.63) is 40.1 Å². The van der Waals surface area contributed by atoms with Crippen molar-refractivity contribution in [2.24, 2.45) is 0 Å². The van der Waals surface area contributed by atoms with Crippen LogP contribution < -0.4 is 4.74 Å². The number of ether oxygens (including phenoxy) is 1. The minimum Gasteiger partial charge on any atom is -0.490 e. The van der Waals surface area contributed by atoms with Gasteiger partial charge in [0, 0.05) is 11.8 Å². The molecular formula is C10H10N4O3S. The number of nitro benzene ring substituents is 1. The lowest BCUT2D eigenvalue weighted by molar-refractivity contribution is -0.385. The Balaban J connectivity index is 2.12. The van der Waals surface area contributed by atoms with E-state index in [0.29, 0.717) is 5.75 Å². The fraction of sp³-hybridized carbons (Fsp3) is 0.200. The Hall–Kier alpha value is -2.09. The van der Waals surface area contributed by atoms with Crippen molar-refractivity contribution < 1.29 is 9.66 Å². The van der Waals surface area contributed by atoms with Gasteiger partial charge in [0.15, 0.2) is 5.75 Å². The van der Waals surface area contributed by atoms with Crippen LogP contribution >= 0.6 is 11.8 Å². The Morgan fingerprint density at radius 1 is 1.56 bits per heavy atom. The van der Waals surface area contributed by atoms with Crippen LogP contribution in [0.25, 0.3) is 0 Å². The SMILES string of the molecule is COc1cc(CSc2cn[nH]n2)ccc1[N+](=O)[O-].